The van der Waals surface area contributed by atoms with Crippen LogP contribution in [-0.2, 0) is 10.0 Å². The first-order valence-corrected chi connectivity index (χ1v) is 7.92. The van der Waals surface area contributed by atoms with Gasteiger partial charge in [-0.2, -0.15) is 0 Å². The Morgan fingerprint density at radius 1 is 1.17 bits per heavy atom. The lowest BCUT2D eigenvalue weighted by Gasteiger charge is -2.21. The summed E-state index contributed by atoms with van der Waals surface area (Å²) in [6, 6.07) is 3.41. The SMILES string of the molecule is CCCN(CCC)c1ccc(NS(C)(=O)=O)nn1. The molecular formula is C11H20N4O2S. The fourth-order valence-corrected chi connectivity index (χ4v) is 2.11. The summed E-state index contributed by atoms with van der Waals surface area (Å²) in [6.07, 6.45) is 3.15. The van der Waals surface area contributed by atoms with Crippen molar-refractivity contribution in [3.05, 3.63) is 12.1 Å². The molecule has 0 saturated carbocycles. The van der Waals surface area contributed by atoms with Gasteiger partial charge in [0, 0.05) is 13.1 Å². The van der Waals surface area contributed by atoms with Gasteiger partial charge in [0.15, 0.2) is 11.6 Å². The van der Waals surface area contributed by atoms with Gasteiger partial charge in [-0.3, -0.25) is 4.72 Å². The lowest BCUT2D eigenvalue weighted by atomic mass is 10.3. The number of hydrogen-bond acceptors (Lipinski definition) is 5. The van der Waals surface area contributed by atoms with Crippen LogP contribution in [0.15, 0.2) is 12.1 Å². The first-order chi connectivity index (χ1) is 8.46. The van der Waals surface area contributed by atoms with Gasteiger partial charge in [-0.1, -0.05) is 13.8 Å². The molecule has 0 aromatic carbocycles. The molecule has 1 N–H and O–H groups in total. The second kappa shape index (κ2) is 6.53. The highest BCUT2D eigenvalue weighted by atomic mass is 32.2. The van der Waals surface area contributed by atoms with Gasteiger partial charge >= 0.3 is 0 Å². The summed E-state index contributed by atoms with van der Waals surface area (Å²) in [5.74, 6) is 1.02. The number of nitrogens with zero attached hydrogens (tertiary/aromatic N) is 3. The number of hydrogen-bond donors (Lipinski definition) is 1. The summed E-state index contributed by atoms with van der Waals surface area (Å²) < 4.78 is 24.4. The van der Waals surface area contributed by atoms with Crippen molar-refractivity contribution >= 4 is 21.7 Å². The summed E-state index contributed by atoms with van der Waals surface area (Å²) in [5, 5.41) is 7.92. The topological polar surface area (TPSA) is 75.2 Å². The standard InChI is InChI=1S/C11H20N4O2S/c1-4-8-15(9-5-2)11-7-6-10(12-13-11)14-18(3,16)17/h6-7H,4-5,8-9H2,1-3H3,(H,12,14). The molecular weight excluding hydrogens is 252 g/mol. The molecule has 6 nitrogen and oxygen atoms in total. The Morgan fingerprint density at radius 2 is 1.78 bits per heavy atom. The molecule has 7 heteroatoms. The third kappa shape index (κ3) is 4.87. The Kier molecular flexibility index (Phi) is 5.33. The van der Waals surface area contributed by atoms with Gasteiger partial charge in [0.2, 0.25) is 10.0 Å². The van der Waals surface area contributed by atoms with E-state index in [2.05, 4.69) is 33.7 Å². The second-order valence-electron chi connectivity index (χ2n) is 4.14. The van der Waals surface area contributed by atoms with E-state index in [0.29, 0.717) is 0 Å². The zero-order valence-corrected chi connectivity index (χ0v) is 11.9. The minimum absolute atomic E-state index is 0.245. The first-order valence-electron chi connectivity index (χ1n) is 6.02. The number of rotatable bonds is 7. The van der Waals surface area contributed by atoms with Gasteiger partial charge in [0.05, 0.1) is 6.26 Å². The Hall–Kier alpha value is -1.37. The maximum absolute atomic E-state index is 11.0. The molecule has 102 valence electrons. The van der Waals surface area contributed by atoms with Crippen molar-refractivity contribution in [2.75, 3.05) is 29.0 Å². The fourth-order valence-electron chi connectivity index (χ4n) is 1.62. The Labute approximate surface area is 108 Å². The van der Waals surface area contributed by atoms with Crippen LogP contribution in [0, 0.1) is 0 Å². The summed E-state index contributed by atoms with van der Waals surface area (Å²) in [6.45, 7) is 6.05. The van der Waals surface area contributed by atoms with Gasteiger partial charge in [0.25, 0.3) is 0 Å². The average Bonchev–Trinajstić information content (AvgIpc) is 2.28. The minimum atomic E-state index is -3.30. The van der Waals surface area contributed by atoms with Crippen LogP contribution in [0.25, 0.3) is 0 Å². The van der Waals surface area contributed by atoms with Crippen LogP contribution >= 0.6 is 0 Å². The van der Waals surface area contributed by atoms with Crippen LogP contribution in [-0.4, -0.2) is 38.0 Å². The number of aromatic nitrogens is 2. The van der Waals surface area contributed by atoms with E-state index >= 15 is 0 Å². The molecule has 0 bridgehead atoms. The highest BCUT2D eigenvalue weighted by molar-refractivity contribution is 7.92. The zero-order chi connectivity index (χ0) is 13.6. The van der Waals surface area contributed by atoms with E-state index in [1.54, 1.807) is 12.1 Å². The predicted octanol–water partition coefficient (Wildman–Crippen LogP) is 1.47. The smallest absolute Gasteiger partial charge is 0.231 e. The van der Waals surface area contributed by atoms with Crippen LogP contribution in [0.5, 0.6) is 0 Å². The fraction of sp³-hybridized carbons (Fsp3) is 0.636. The number of nitrogens with one attached hydrogen (secondary N) is 1. The molecule has 0 spiro atoms. The van der Waals surface area contributed by atoms with Crippen molar-refractivity contribution in [2.24, 2.45) is 0 Å². The van der Waals surface area contributed by atoms with Gasteiger partial charge in [-0.05, 0) is 25.0 Å². The average molecular weight is 272 g/mol. The number of sulfonamides is 1. The van der Waals surface area contributed by atoms with Crippen LogP contribution < -0.4 is 9.62 Å². The molecule has 1 aromatic rings. The molecule has 0 aliphatic heterocycles. The third-order valence-electron chi connectivity index (χ3n) is 2.25. The number of anilines is 2. The zero-order valence-electron chi connectivity index (χ0n) is 11.0. The summed E-state index contributed by atoms with van der Waals surface area (Å²) in [5.41, 5.74) is 0. The van der Waals surface area contributed by atoms with Crippen LogP contribution in [0.3, 0.4) is 0 Å². The predicted molar refractivity (Wildman–Crippen MR) is 73.3 cm³/mol. The van der Waals surface area contributed by atoms with Gasteiger partial charge in [-0.25, -0.2) is 8.42 Å². The van der Waals surface area contributed by atoms with E-state index in [1.165, 1.54) is 0 Å². The highest BCUT2D eigenvalue weighted by Gasteiger charge is 2.08. The molecule has 0 amide bonds. The van der Waals surface area contributed by atoms with Gasteiger partial charge in [0.1, 0.15) is 0 Å². The van der Waals surface area contributed by atoms with E-state index in [4.69, 9.17) is 0 Å². The molecule has 1 rings (SSSR count). The van der Waals surface area contributed by atoms with Crippen LogP contribution in [0.2, 0.25) is 0 Å². The minimum Gasteiger partial charge on any atom is -0.355 e. The van der Waals surface area contributed by atoms with E-state index in [0.717, 1.165) is 38.0 Å². The van der Waals surface area contributed by atoms with Crippen LogP contribution in [0.4, 0.5) is 11.6 Å². The molecule has 1 heterocycles. The van der Waals surface area contributed by atoms with Gasteiger partial charge < -0.3 is 4.90 Å². The Morgan fingerprint density at radius 3 is 2.17 bits per heavy atom. The van der Waals surface area contributed by atoms with E-state index < -0.39 is 10.0 Å². The molecule has 0 fully saturated rings. The van der Waals surface area contributed by atoms with E-state index in [-0.39, 0.29) is 5.82 Å². The van der Waals surface area contributed by atoms with Crippen molar-refractivity contribution in [3.8, 4) is 0 Å². The summed E-state index contributed by atoms with van der Waals surface area (Å²) in [7, 11) is -3.30. The maximum atomic E-state index is 11.0. The van der Waals surface area contributed by atoms with Crippen molar-refractivity contribution in [1.29, 1.82) is 0 Å². The molecule has 0 radical (unpaired) electrons. The Balaban J connectivity index is 2.79. The molecule has 0 atom stereocenters. The van der Waals surface area contributed by atoms with Crippen molar-refractivity contribution in [2.45, 2.75) is 26.7 Å². The largest absolute Gasteiger partial charge is 0.355 e. The van der Waals surface area contributed by atoms with Crippen molar-refractivity contribution in [3.63, 3.8) is 0 Å². The molecule has 0 aliphatic carbocycles. The highest BCUT2D eigenvalue weighted by Crippen LogP contribution is 2.13. The molecule has 1 aromatic heterocycles. The third-order valence-corrected chi connectivity index (χ3v) is 2.83. The second-order valence-corrected chi connectivity index (χ2v) is 5.89. The molecule has 18 heavy (non-hydrogen) atoms. The quantitative estimate of drug-likeness (QED) is 0.813. The van der Waals surface area contributed by atoms with E-state index in [1.807, 2.05) is 0 Å². The maximum Gasteiger partial charge on any atom is 0.231 e. The monoisotopic (exact) mass is 272 g/mol. The normalized spacial score (nSPS) is 11.3. The van der Waals surface area contributed by atoms with E-state index in [9.17, 15) is 8.42 Å². The molecule has 0 unspecified atom stereocenters. The van der Waals surface area contributed by atoms with Crippen molar-refractivity contribution in [1.82, 2.24) is 10.2 Å². The van der Waals surface area contributed by atoms with Gasteiger partial charge in [-0.15, -0.1) is 10.2 Å². The summed E-state index contributed by atoms with van der Waals surface area (Å²) in [4.78, 5) is 2.14. The lowest BCUT2D eigenvalue weighted by molar-refractivity contribution is 0.606. The first kappa shape index (κ1) is 14.7. The molecule has 0 aliphatic rings. The molecule has 0 saturated heterocycles. The van der Waals surface area contributed by atoms with Crippen molar-refractivity contribution < 1.29 is 8.42 Å². The Bertz CT molecular complexity index is 452. The lowest BCUT2D eigenvalue weighted by Crippen LogP contribution is -2.26. The van der Waals surface area contributed by atoms with Crippen LogP contribution in [0.1, 0.15) is 26.7 Å². The summed E-state index contributed by atoms with van der Waals surface area (Å²) >= 11 is 0.